The first-order valence-electron chi connectivity index (χ1n) is 11.4. The number of nitrogens with one attached hydrogen (secondary N) is 1. The molecule has 35 heavy (non-hydrogen) atoms. The molecule has 2 atom stereocenters. The molecule has 1 saturated carbocycles. The smallest absolute Gasteiger partial charge is 0.242 e. The van der Waals surface area contributed by atoms with Gasteiger partial charge in [0.15, 0.2) is 0 Å². The second-order valence-corrected chi connectivity index (χ2v) is 10.6. The highest BCUT2D eigenvalue weighted by Crippen LogP contribution is 2.53. The van der Waals surface area contributed by atoms with Crippen LogP contribution in [-0.4, -0.2) is 32.8 Å². The Kier molecular flexibility index (Phi) is 6.26. The van der Waals surface area contributed by atoms with E-state index in [1.54, 1.807) is 6.07 Å². The maximum absolute atomic E-state index is 12.9. The van der Waals surface area contributed by atoms with Gasteiger partial charge in [0, 0.05) is 17.6 Å². The predicted molar refractivity (Wildman–Crippen MR) is 128 cm³/mol. The molecule has 0 amide bonds. The normalized spacial score (nSPS) is 19.5. The van der Waals surface area contributed by atoms with E-state index in [0.717, 1.165) is 29.8 Å². The number of para-hydroxylation sites is 1. The molecule has 180 valence electrons. The van der Waals surface area contributed by atoms with Gasteiger partial charge in [-0.2, -0.15) is 5.26 Å². The average molecular weight is 495 g/mol. The van der Waals surface area contributed by atoms with Crippen LogP contribution in [0.1, 0.15) is 47.5 Å². The van der Waals surface area contributed by atoms with Crippen molar-refractivity contribution in [3.05, 3.63) is 83.7 Å². The number of pyridine rings is 1. The molecule has 2 heterocycles. The Bertz CT molecular complexity index is 1350. The molecule has 3 aromatic rings. The minimum atomic E-state index is -4.14. The largest absolute Gasteiger partial charge is 0.330 e. The molecule has 0 bridgehead atoms. The molecule has 1 fully saturated rings. The van der Waals surface area contributed by atoms with Crippen LogP contribution < -0.4 is 9.62 Å². The fraction of sp³-hybridized carbons (Fsp3) is 0.308. The molecule has 0 radical (unpaired) electrons. The van der Waals surface area contributed by atoms with Gasteiger partial charge in [0.1, 0.15) is 18.2 Å². The molecule has 5 rings (SSSR count). The molecule has 1 aromatic heterocycles. The van der Waals surface area contributed by atoms with Crippen molar-refractivity contribution in [1.29, 1.82) is 5.26 Å². The van der Waals surface area contributed by atoms with Crippen LogP contribution in [0.3, 0.4) is 0 Å². The van der Waals surface area contributed by atoms with Crippen LogP contribution in [0, 0.1) is 11.3 Å². The average Bonchev–Trinajstić information content (AvgIpc) is 3.69. The second kappa shape index (κ2) is 9.36. The van der Waals surface area contributed by atoms with E-state index >= 15 is 0 Å². The van der Waals surface area contributed by atoms with Crippen molar-refractivity contribution < 1.29 is 17.2 Å². The predicted octanol–water partition coefficient (Wildman–Crippen LogP) is 5.05. The first-order valence-corrected chi connectivity index (χ1v) is 12.9. The van der Waals surface area contributed by atoms with Crippen LogP contribution in [0.15, 0.2) is 71.8 Å². The lowest BCUT2D eigenvalue weighted by Gasteiger charge is -2.28. The molecular formula is C26H24F2N4O2S. The third kappa shape index (κ3) is 4.40. The minimum Gasteiger partial charge on any atom is -0.330 e. The minimum absolute atomic E-state index is 0.195. The zero-order valence-electron chi connectivity index (χ0n) is 18.8. The fourth-order valence-corrected chi connectivity index (χ4v) is 5.76. The number of anilines is 2. The quantitative estimate of drug-likeness (QED) is 0.474. The first-order chi connectivity index (χ1) is 17.0. The summed E-state index contributed by atoms with van der Waals surface area (Å²) >= 11 is 0. The van der Waals surface area contributed by atoms with E-state index < -0.39 is 41.4 Å². The summed E-state index contributed by atoms with van der Waals surface area (Å²) in [6, 6.07) is 19.4. The van der Waals surface area contributed by atoms with Crippen LogP contribution >= 0.6 is 0 Å². The van der Waals surface area contributed by atoms with Crippen molar-refractivity contribution in [3.63, 3.8) is 0 Å². The number of fused-ring (bicyclic) bond motifs is 1. The number of alkyl halides is 2. The van der Waals surface area contributed by atoms with Gasteiger partial charge >= 0.3 is 0 Å². The van der Waals surface area contributed by atoms with Gasteiger partial charge in [0.05, 0.1) is 29.8 Å². The number of hydrogen-bond acceptors (Lipinski definition) is 5. The van der Waals surface area contributed by atoms with Gasteiger partial charge in [0.2, 0.25) is 10.0 Å². The maximum Gasteiger partial charge on any atom is 0.242 e. The Morgan fingerprint density at radius 1 is 1.09 bits per heavy atom. The lowest BCUT2D eigenvalue weighted by atomic mass is 9.93. The van der Waals surface area contributed by atoms with Crippen LogP contribution in [0.4, 0.5) is 20.2 Å². The van der Waals surface area contributed by atoms with E-state index in [0.29, 0.717) is 11.6 Å². The standard InChI is InChI=1S/C26H24F2N4O2S/c27-13-19(14-28)31-35(33,34)21-9-11-24(30-16-21)26-23(15-29)22-10-8-18(17-6-7-17)12-25(22)32(26)20-4-2-1-3-5-20/h1-5,8-12,16-17,19,23,26,31H,6-7,13-14H2. The number of nitrogens with zero attached hydrogens (tertiary/aromatic N) is 3. The van der Waals surface area contributed by atoms with E-state index in [1.165, 1.54) is 17.8 Å². The van der Waals surface area contributed by atoms with Gasteiger partial charge in [-0.05, 0) is 60.2 Å². The number of hydrogen-bond donors (Lipinski definition) is 1. The Morgan fingerprint density at radius 2 is 1.83 bits per heavy atom. The SMILES string of the molecule is N#CC1c2ccc(C3CC3)cc2N(c2ccccc2)C1c1ccc(S(=O)(=O)NC(CF)CF)cn1. The molecule has 0 spiro atoms. The Balaban J connectivity index is 1.55. The van der Waals surface area contributed by atoms with Gasteiger partial charge in [-0.25, -0.2) is 21.9 Å². The summed E-state index contributed by atoms with van der Waals surface area (Å²) in [4.78, 5) is 6.31. The van der Waals surface area contributed by atoms with Gasteiger partial charge < -0.3 is 4.90 Å². The number of sulfonamides is 1. The lowest BCUT2D eigenvalue weighted by molar-refractivity contribution is 0.334. The summed E-state index contributed by atoms with van der Waals surface area (Å²) in [6.45, 7) is -2.30. The number of nitriles is 1. The highest BCUT2D eigenvalue weighted by molar-refractivity contribution is 7.89. The highest BCUT2D eigenvalue weighted by atomic mass is 32.2. The third-order valence-electron chi connectivity index (χ3n) is 6.53. The van der Waals surface area contributed by atoms with E-state index in [1.807, 2.05) is 41.1 Å². The molecular weight excluding hydrogens is 470 g/mol. The molecule has 0 saturated heterocycles. The van der Waals surface area contributed by atoms with Crippen LogP contribution in [-0.2, 0) is 10.0 Å². The first kappa shape index (κ1) is 23.4. The number of halogens is 2. The molecule has 1 aliphatic heterocycles. The summed E-state index contributed by atoms with van der Waals surface area (Å²) in [5.74, 6) is 0.0269. The van der Waals surface area contributed by atoms with Gasteiger partial charge in [-0.15, -0.1) is 0 Å². The van der Waals surface area contributed by atoms with Gasteiger partial charge in [-0.1, -0.05) is 30.3 Å². The zero-order valence-corrected chi connectivity index (χ0v) is 19.6. The van der Waals surface area contributed by atoms with Gasteiger partial charge in [-0.3, -0.25) is 4.98 Å². The summed E-state index contributed by atoms with van der Waals surface area (Å²) < 4.78 is 52.8. The zero-order chi connectivity index (χ0) is 24.6. The van der Waals surface area contributed by atoms with E-state index in [-0.39, 0.29) is 4.90 Å². The Hall–Kier alpha value is -3.35. The summed E-state index contributed by atoms with van der Waals surface area (Å²) in [5.41, 5.74) is 4.53. The molecule has 1 aliphatic carbocycles. The third-order valence-corrected chi connectivity index (χ3v) is 8.04. The number of benzene rings is 2. The van der Waals surface area contributed by atoms with Crippen molar-refractivity contribution in [3.8, 4) is 6.07 Å². The van der Waals surface area contributed by atoms with Crippen molar-refractivity contribution in [1.82, 2.24) is 9.71 Å². The van der Waals surface area contributed by atoms with Crippen molar-refractivity contribution >= 4 is 21.4 Å². The summed E-state index contributed by atoms with van der Waals surface area (Å²) in [7, 11) is -4.14. The van der Waals surface area contributed by atoms with E-state index in [9.17, 15) is 22.5 Å². The van der Waals surface area contributed by atoms with Crippen molar-refractivity contribution in [2.45, 2.75) is 41.7 Å². The van der Waals surface area contributed by atoms with E-state index in [2.05, 4.69) is 28.1 Å². The summed E-state index contributed by atoms with van der Waals surface area (Å²) in [6.07, 6.45) is 3.49. The van der Waals surface area contributed by atoms with Gasteiger partial charge in [0.25, 0.3) is 0 Å². The summed E-state index contributed by atoms with van der Waals surface area (Å²) in [5, 5.41) is 10.2. The number of aromatic nitrogens is 1. The number of rotatable bonds is 8. The fourth-order valence-electron chi connectivity index (χ4n) is 4.62. The lowest BCUT2D eigenvalue weighted by Crippen LogP contribution is -2.38. The second-order valence-electron chi connectivity index (χ2n) is 8.90. The Labute approximate surface area is 203 Å². The molecule has 2 aromatic carbocycles. The van der Waals surface area contributed by atoms with Crippen LogP contribution in [0.25, 0.3) is 0 Å². The molecule has 9 heteroatoms. The Morgan fingerprint density at radius 3 is 2.43 bits per heavy atom. The van der Waals surface area contributed by atoms with Crippen LogP contribution in [0.5, 0.6) is 0 Å². The molecule has 1 N–H and O–H groups in total. The van der Waals surface area contributed by atoms with E-state index in [4.69, 9.17) is 0 Å². The van der Waals surface area contributed by atoms with Crippen LogP contribution in [0.2, 0.25) is 0 Å². The molecule has 6 nitrogen and oxygen atoms in total. The van der Waals surface area contributed by atoms with Crippen molar-refractivity contribution in [2.24, 2.45) is 0 Å². The topological polar surface area (TPSA) is 86.1 Å². The van der Waals surface area contributed by atoms with Crippen molar-refractivity contribution in [2.75, 3.05) is 18.2 Å². The maximum atomic E-state index is 12.9. The highest BCUT2D eigenvalue weighted by Gasteiger charge is 2.42. The molecule has 2 unspecified atom stereocenters. The molecule has 2 aliphatic rings. The monoisotopic (exact) mass is 494 g/mol.